The van der Waals surface area contributed by atoms with Crippen molar-refractivity contribution in [3.63, 3.8) is 0 Å². The van der Waals surface area contributed by atoms with Crippen molar-refractivity contribution >= 4 is 17.4 Å². The van der Waals surface area contributed by atoms with Crippen molar-refractivity contribution in [3.05, 3.63) is 46.2 Å². The third-order valence-corrected chi connectivity index (χ3v) is 6.04. The molecule has 2 aliphatic rings. The number of amides is 1. The van der Waals surface area contributed by atoms with Crippen LogP contribution in [0.4, 0.5) is 5.69 Å². The number of benzene rings is 1. The fourth-order valence-electron chi connectivity index (χ4n) is 4.38. The van der Waals surface area contributed by atoms with E-state index in [0.717, 1.165) is 18.8 Å². The molecule has 1 aromatic rings. The van der Waals surface area contributed by atoms with Gasteiger partial charge in [-0.15, -0.1) is 0 Å². The molecule has 0 radical (unpaired) electrons. The number of hydrogen-bond donors (Lipinski definition) is 1. The number of hydrogen-bond acceptors (Lipinski definition) is 5. The Morgan fingerprint density at radius 1 is 1.17 bits per heavy atom. The molecule has 1 aromatic carbocycles. The van der Waals surface area contributed by atoms with E-state index in [1.165, 1.54) is 44.6 Å². The van der Waals surface area contributed by atoms with Gasteiger partial charge in [0.05, 0.1) is 11.5 Å². The average molecular weight is 415 g/mol. The Kier molecular flexibility index (Phi) is 7.60. The van der Waals surface area contributed by atoms with E-state index in [2.05, 4.69) is 11.9 Å². The number of ketones is 1. The lowest BCUT2D eigenvalue weighted by Crippen LogP contribution is -2.41. The highest BCUT2D eigenvalue weighted by molar-refractivity contribution is 6.05. The summed E-state index contributed by atoms with van der Waals surface area (Å²) in [6.07, 6.45) is 10.0. The largest absolute Gasteiger partial charge is 0.487 e. The first-order valence-corrected chi connectivity index (χ1v) is 10.9. The van der Waals surface area contributed by atoms with Crippen LogP contribution in [-0.4, -0.2) is 23.2 Å². The lowest BCUT2D eigenvalue weighted by Gasteiger charge is -2.22. The summed E-state index contributed by atoms with van der Waals surface area (Å²) in [6, 6.07) is 4.66. The second-order valence-electron chi connectivity index (χ2n) is 8.40. The van der Waals surface area contributed by atoms with E-state index in [1.54, 1.807) is 12.1 Å². The minimum Gasteiger partial charge on any atom is -0.487 e. The molecule has 1 heterocycles. The van der Waals surface area contributed by atoms with E-state index >= 15 is 0 Å². The standard InChI is InChI=1S/C23H30N2O5/c1-16-13-21(26)19(23(27)24-16)14-18-10-11-22(20(15-18)25(28)29)30-12-6-5-9-17-7-3-2-4-8-17/h10-11,15,17,19H,1-9,12-14H2,(H,24,27). The third-order valence-electron chi connectivity index (χ3n) is 6.04. The molecule has 1 aliphatic heterocycles. The zero-order chi connectivity index (χ0) is 21.5. The van der Waals surface area contributed by atoms with Crippen LogP contribution in [-0.2, 0) is 16.0 Å². The Labute approximate surface area is 177 Å². The second kappa shape index (κ2) is 10.4. The molecule has 0 aromatic heterocycles. The van der Waals surface area contributed by atoms with Crippen molar-refractivity contribution in [1.29, 1.82) is 0 Å². The summed E-state index contributed by atoms with van der Waals surface area (Å²) in [5.74, 6) is -0.415. The molecule has 2 fully saturated rings. The molecule has 1 saturated heterocycles. The fourth-order valence-corrected chi connectivity index (χ4v) is 4.38. The van der Waals surface area contributed by atoms with Gasteiger partial charge in [0.1, 0.15) is 5.92 Å². The van der Waals surface area contributed by atoms with Crippen LogP contribution in [0.3, 0.4) is 0 Å². The predicted molar refractivity (Wildman–Crippen MR) is 113 cm³/mol. The van der Waals surface area contributed by atoms with Crippen LogP contribution in [0.1, 0.15) is 63.4 Å². The molecule has 1 N–H and O–H groups in total. The van der Waals surface area contributed by atoms with Crippen LogP contribution >= 0.6 is 0 Å². The molecule has 30 heavy (non-hydrogen) atoms. The van der Waals surface area contributed by atoms with E-state index in [-0.39, 0.29) is 30.1 Å². The monoisotopic (exact) mass is 414 g/mol. The van der Waals surface area contributed by atoms with Gasteiger partial charge in [0.15, 0.2) is 11.5 Å². The number of allylic oxidation sites excluding steroid dienone is 1. The summed E-state index contributed by atoms with van der Waals surface area (Å²) in [6.45, 7) is 4.06. The van der Waals surface area contributed by atoms with Crippen LogP contribution in [0.15, 0.2) is 30.5 Å². The van der Waals surface area contributed by atoms with Crippen LogP contribution in [0.2, 0.25) is 0 Å². The number of nitro groups is 1. The SMILES string of the molecule is C=C1CC(=O)C(Cc2ccc(OCCCCC3CCCCC3)c([N+](=O)[O-])c2)C(=O)N1. The highest BCUT2D eigenvalue weighted by Gasteiger charge is 2.32. The number of rotatable bonds is 9. The molecular weight excluding hydrogens is 384 g/mol. The van der Waals surface area contributed by atoms with Crippen molar-refractivity contribution in [2.45, 2.75) is 64.2 Å². The van der Waals surface area contributed by atoms with Gasteiger partial charge >= 0.3 is 5.69 Å². The first kappa shape index (κ1) is 22.0. The van der Waals surface area contributed by atoms with Crippen LogP contribution in [0.25, 0.3) is 0 Å². The minimum absolute atomic E-state index is 0.0978. The van der Waals surface area contributed by atoms with Crippen molar-refractivity contribution in [2.75, 3.05) is 6.61 Å². The number of carbonyl (C=O) groups is 2. The number of nitro benzene ring substituents is 1. The zero-order valence-corrected chi connectivity index (χ0v) is 17.4. The maximum Gasteiger partial charge on any atom is 0.311 e. The van der Waals surface area contributed by atoms with Gasteiger partial charge in [-0.3, -0.25) is 19.7 Å². The van der Waals surface area contributed by atoms with E-state index < -0.39 is 16.7 Å². The van der Waals surface area contributed by atoms with E-state index in [9.17, 15) is 19.7 Å². The molecule has 1 aliphatic carbocycles. The first-order valence-electron chi connectivity index (χ1n) is 10.9. The van der Waals surface area contributed by atoms with E-state index in [1.807, 2.05) is 0 Å². The zero-order valence-electron chi connectivity index (χ0n) is 17.4. The third kappa shape index (κ3) is 5.90. The van der Waals surface area contributed by atoms with Crippen molar-refractivity contribution in [2.24, 2.45) is 11.8 Å². The van der Waals surface area contributed by atoms with Gasteiger partial charge in [-0.1, -0.05) is 51.2 Å². The summed E-state index contributed by atoms with van der Waals surface area (Å²) in [5, 5.41) is 14.1. The van der Waals surface area contributed by atoms with Crippen molar-refractivity contribution in [1.82, 2.24) is 5.32 Å². The molecule has 0 spiro atoms. The van der Waals surface area contributed by atoms with Gasteiger partial charge in [0, 0.05) is 18.2 Å². The average Bonchev–Trinajstić information content (AvgIpc) is 2.71. The van der Waals surface area contributed by atoms with Gasteiger partial charge in [0.25, 0.3) is 0 Å². The first-order chi connectivity index (χ1) is 14.4. The van der Waals surface area contributed by atoms with Gasteiger partial charge < -0.3 is 10.1 Å². The highest BCUT2D eigenvalue weighted by Crippen LogP contribution is 2.31. The summed E-state index contributed by atoms with van der Waals surface area (Å²) in [7, 11) is 0. The molecule has 1 amide bonds. The summed E-state index contributed by atoms with van der Waals surface area (Å²) in [4.78, 5) is 35.2. The van der Waals surface area contributed by atoms with Crippen LogP contribution in [0.5, 0.6) is 5.75 Å². The molecule has 1 atom stereocenters. The summed E-state index contributed by atoms with van der Waals surface area (Å²) in [5.41, 5.74) is 0.819. The van der Waals surface area contributed by atoms with Crippen molar-refractivity contribution < 1.29 is 19.2 Å². The molecule has 7 heteroatoms. The molecule has 1 unspecified atom stereocenters. The number of piperidine rings is 1. The van der Waals surface area contributed by atoms with Crippen molar-refractivity contribution in [3.8, 4) is 5.75 Å². The Morgan fingerprint density at radius 3 is 2.63 bits per heavy atom. The lowest BCUT2D eigenvalue weighted by molar-refractivity contribution is -0.385. The minimum atomic E-state index is -0.846. The Bertz CT molecular complexity index is 794. The Morgan fingerprint density at radius 2 is 1.93 bits per heavy atom. The molecule has 1 saturated carbocycles. The van der Waals surface area contributed by atoms with Gasteiger partial charge in [-0.05, 0) is 36.8 Å². The number of Topliss-reactive ketones (excluding diaryl/α,β-unsaturated/α-hetero) is 1. The summed E-state index contributed by atoms with van der Waals surface area (Å²) >= 11 is 0. The van der Waals surface area contributed by atoms with E-state index in [4.69, 9.17) is 4.74 Å². The van der Waals surface area contributed by atoms with Gasteiger partial charge in [0.2, 0.25) is 5.91 Å². The van der Waals surface area contributed by atoms with Crippen LogP contribution in [0, 0.1) is 22.0 Å². The van der Waals surface area contributed by atoms with Gasteiger partial charge in [-0.2, -0.15) is 0 Å². The number of carbonyl (C=O) groups excluding carboxylic acids is 2. The molecule has 0 bridgehead atoms. The summed E-state index contributed by atoms with van der Waals surface area (Å²) < 4.78 is 5.69. The maximum absolute atomic E-state index is 12.1. The highest BCUT2D eigenvalue weighted by atomic mass is 16.6. The Hall–Kier alpha value is -2.70. The quantitative estimate of drug-likeness (QED) is 0.278. The topological polar surface area (TPSA) is 98.5 Å². The smallest absolute Gasteiger partial charge is 0.311 e. The molecule has 3 rings (SSSR count). The fraction of sp³-hybridized carbons (Fsp3) is 0.565. The number of nitrogens with zero attached hydrogens (tertiary/aromatic N) is 1. The lowest BCUT2D eigenvalue weighted by atomic mass is 9.86. The Balaban J connectivity index is 1.54. The predicted octanol–water partition coefficient (Wildman–Crippen LogP) is 4.49. The maximum atomic E-state index is 12.1. The molecule has 7 nitrogen and oxygen atoms in total. The molecule has 162 valence electrons. The van der Waals surface area contributed by atoms with Crippen LogP contribution < -0.4 is 10.1 Å². The van der Waals surface area contributed by atoms with Gasteiger partial charge in [-0.25, -0.2) is 0 Å². The second-order valence-corrected chi connectivity index (χ2v) is 8.40. The normalized spacial score (nSPS) is 20.1. The number of unbranched alkanes of at least 4 members (excludes halogenated alkanes) is 1. The number of ether oxygens (including phenoxy) is 1. The van der Waals surface area contributed by atoms with E-state index in [0.29, 0.717) is 17.9 Å². The molecular formula is C23H30N2O5. The number of nitrogens with one attached hydrogen (secondary N) is 1.